The highest BCUT2D eigenvalue weighted by Crippen LogP contribution is 2.42. The van der Waals surface area contributed by atoms with E-state index in [2.05, 4.69) is 16.8 Å². The maximum Gasteiger partial charge on any atom is 0.490 e. The number of rotatable bonds is 3. The van der Waals surface area contributed by atoms with Gasteiger partial charge in [0.1, 0.15) is 4.88 Å². The molecule has 1 aromatic heterocycles. The second kappa shape index (κ2) is 10.9. The average Bonchev–Trinajstić information content (AvgIpc) is 3.30. The first-order chi connectivity index (χ1) is 15.9. The molecule has 7 nitrogen and oxygen atoms in total. The Kier molecular flexibility index (Phi) is 8.62. The van der Waals surface area contributed by atoms with Gasteiger partial charge in [0.25, 0.3) is 5.91 Å². The van der Waals surface area contributed by atoms with Gasteiger partial charge in [-0.05, 0) is 63.8 Å². The second-order valence-corrected chi connectivity index (χ2v) is 11.1. The van der Waals surface area contributed by atoms with Gasteiger partial charge in [-0.3, -0.25) is 4.79 Å². The Balaban J connectivity index is 0.000000406. The fourth-order valence-electron chi connectivity index (χ4n) is 5.16. The lowest BCUT2D eigenvalue weighted by atomic mass is 9.76. The number of carboxylic acids is 1. The van der Waals surface area contributed by atoms with Crippen LogP contribution in [0, 0.1) is 25.2 Å². The predicted molar refractivity (Wildman–Crippen MR) is 122 cm³/mol. The Morgan fingerprint density at radius 3 is 2.41 bits per heavy atom. The first-order valence-electron chi connectivity index (χ1n) is 11.8. The standard InChI is InChI=1S/C21H33N3O2S.C2HF3O2/c1-15-5-4-8-23(12-15)13-18-11-21(14-26-18)6-9-24(10-7-21)20(25)19-16(2)22-17(3)27-19;3-2(4,5)1(6)7/h15,18H,4-14H2,1-3H3;(H,6,7). The van der Waals surface area contributed by atoms with Crippen LogP contribution in [-0.2, 0) is 9.53 Å². The quantitative estimate of drug-likeness (QED) is 0.665. The summed E-state index contributed by atoms with van der Waals surface area (Å²) >= 11 is 1.53. The second-order valence-electron chi connectivity index (χ2n) is 9.89. The molecule has 1 spiro atoms. The monoisotopic (exact) mass is 505 g/mol. The number of hydrogen-bond acceptors (Lipinski definition) is 6. The largest absolute Gasteiger partial charge is 0.490 e. The highest BCUT2D eigenvalue weighted by atomic mass is 32.1. The van der Waals surface area contributed by atoms with Crippen LogP contribution < -0.4 is 0 Å². The molecular weight excluding hydrogens is 471 g/mol. The Morgan fingerprint density at radius 2 is 1.88 bits per heavy atom. The summed E-state index contributed by atoms with van der Waals surface area (Å²) in [6.07, 6.45) is 1.30. The van der Waals surface area contributed by atoms with Gasteiger partial charge in [-0.15, -0.1) is 11.3 Å². The molecule has 1 N–H and O–H groups in total. The van der Waals surface area contributed by atoms with Gasteiger partial charge in [0.05, 0.1) is 23.4 Å². The van der Waals surface area contributed by atoms with Crippen molar-refractivity contribution in [2.24, 2.45) is 11.3 Å². The van der Waals surface area contributed by atoms with Crippen molar-refractivity contribution < 1.29 is 32.6 Å². The van der Waals surface area contributed by atoms with E-state index in [-0.39, 0.29) is 5.91 Å². The van der Waals surface area contributed by atoms with E-state index in [0.29, 0.717) is 11.5 Å². The van der Waals surface area contributed by atoms with Crippen molar-refractivity contribution in [2.75, 3.05) is 39.3 Å². The molecule has 0 aromatic carbocycles. The molecule has 2 atom stereocenters. The maximum absolute atomic E-state index is 12.9. The molecule has 1 aromatic rings. The highest BCUT2D eigenvalue weighted by molar-refractivity contribution is 7.13. The number of nitrogens with zero attached hydrogens (tertiary/aromatic N) is 3. The lowest BCUT2D eigenvalue weighted by molar-refractivity contribution is -0.192. The molecule has 3 aliphatic heterocycles. The maximum atomic E-state index is 12.9. The number of carbonyl (C=O) groups excluding carboxylic acids is 1. The van der Waals surface area contributed by atoms with E-state index in [1.165, 1.54) is 43.7 Å². The summed E-state index contributed by atoms with van der Waals surface area (Å²) in [4.78, 5) is 31.6. The van der Waals surface area contributed by atoms with E-state index >= 15 is 0 Å². The van der Waals surface area contributed by atoms with Crippen LogP contribution in [0.15, 0.2) is 0 Å². The van der Waals surface area contributed by atoms with Crippen LogP contribution in [0.25, 0.3) is 0 Å². The van der Waals surface area contributed by atoms with Gasteiger partial charge < -0.3 is 19.6 Å². The fraction of sp³-hybridized carbons (Fsp3) is 0.783. The first-order valence-corrected chi connectivity index (χ1v) is 12.6. The Morgan fingerprint density at radius 1 is 1.24 bits per heavy atom. The number of hydrogen-bond donors (Lipinski definition) is 1. The molecule has 0 saturated carbocycles. The third kappa shape index (κ3) is 6.91. The third-order valence-electron chi connectivity index (χ3n) is 6.94. The molecule has 192 valence electrons. The number of thiazole rings is 1. The smallest absolute Gasteiger partial charge is 0.475 e. The van der Waals surface area contributed by atoms with Crippen LogP contribution in [0.1, 0.15) is 59.4 Å². The van der Waals surface area contributed by atoms with Gasteiger partial charge in [-0.1, -0.05) is 6.92 Å². The van der Waals surface area contributed by atoms with Crippen LogP contribution >= 0.6 is 11.3 Å². The molecule has 3 aliphatic rings. The van der Waals surface area contributed by atoms with Crippen LogP contribution in [0.5, 0.6) is 0 Å². The molecule has 11 heteroatoms. The summed E-state index contributed by atoms with van der Waals surface area (Å²) in [5.41, 5.74) is 1.17. The summed E-state index contributed by atoms with van der Waals surface area (Å²) < 4.78 is 38.0. The number of halogens is 3. The normalized spacial score (nSPS) is 25.2. The number of alkyl halides is 3. The van der Waals surface area contributed by atoms with Crippen LogP contribution in [0.3, 0.4) is 0 Å². The molecule has 34 heavy (non-hydrogen) atoms. The summed E-state index contributed by atoms with van der Waals surface area (Å²) in [6.45, 7) is 12.4. The third-order valence-corrected chi connectivity index (χ3v) is 8.00. The van der Waals surface area contributed by atoms with Crippen molar-refractivity contribution in [3.05, 3.63) is 15.6 Å². The van der Waals surface area contributed by atoms with Crippen molar-refractivity contribution in [2.45, 2.75) is 65.2 Å². The topological polar surface area (TPSA) is 83.0 Å². The number of amides is 1. The van der Waals surface area contributed by atoms with Gasteiger partial charge in [0, 0.05) is 26.2 Å². The predicted octanol–water partition coefficient (Wildman–Crippen LogP) is 4.14. The van der Waals surface area contributed by atoms with E-state index in [9.17, 15) is 18.0 Å². The minimum atomic E-state index is -5.08. The van der Waals surface area contributed by atoms with Crippen molar-refractivity contribution in [1.82, 2.24) is 14.8 Å². The molecule has 0 radical (unpaired) electrons. The van der Waals surface area contributed by atoms with E-state index in [1.807, 2.05) is 18.7 Å². The number of aromatic nitrogens is 1. The summed E-state index contributed by atoms with van der Waals surface area (Å²) in [5.74, 6) is -1.76. The molecule has 4 heterocycles. The van der Waals surface area contributed by atoms with Crippen LogP contribution in [0.4, 0.5) is 13.2 Å². The molecule has 1 amide bonds. The molecular formula is C23H34F3N3O4S. The Hall–Kier alpha value is -1.72. The van der Waals surface area contributed by atoms with E-state index in [1.54, 1.807) is 0 Å². The van der Waals surface area contributed by atoms with Gasteiger partial charge in [-0.25, -0.2) is 9.78 Å². The van der Waals surface area contributed by atoms with E-state index in [0.717, 1.165) is 60.6 Å². The number of aryl methyl sites for hydroxylation is 2. The minimum Gasteiger partial charge on any atom is -0.475 e. The zero-order chi connectivity index (χ0) is 25.1. The molecule has 3 saturated heterocycles. The lowest BCUT2D eigenvalue weighted by Gasteiger charge is -2.38. The summed E-state index contributed by atoms with van der Waals surface area (Å²) in [7, 11) is 0. The zero-order valence-electron chi connectivity index (χ0n) is 20.0. The van der Waals surface area contributed by atoms with Crippen molar-refractivity contribution in [3.8, 4) is 0 Å². The lowest BCUT2D eigenvalue weighted by Crippen LogP contribution is -2.44. The molecule has 0 aliphatic carbocycles. The molecule has 4 rings (SSSR count). The fourth-order valence-corrected chi connectivity index (χ4v) is 6.05. The Bertz CT molecular complexity index is 868. The molecule has 0 bridgehead atoms. The van der Waals surface area contributed by atoms with Crippen LogP contribution in [-0.4, -0.2) is 83.4 Å². The number of aliphatic carboxylic acids is 1. The zero-order valence-corrected chi connectivity index (χ0v) is 20.8. The number of carboxylic acid groups (broad SMARTS) is 1. The van der Waals surface area contributed by atoms with Crippen molar-refractivity contribution >= 4 is 23.2 Å². The summed E-state index contributed by atoms with van der Waals surface area (Å²) in [6, 6.07) is 0. The van der Waals surface area contributed by atoms with Gasteiger partial charge in [0.2, 0.25) is 0 Å². The first kappa shape index (κ1) is 26.9. The SMILES string of the molecule is Cc1nc(C)c(C(=O)N2CCC3(CC2)COC(CN2CCCC(C)C2)C3)s1.O=C(O)C(F)(F)F. The van der Waals surface area contributed by atoms with E-state index < -0.39 is 12.1 Å². The van der Waals surface area contributed by atoms with Gasteiger partial charge in [0.15, 0.2) is 0 Å². The van der Waals surface area contributed by atoms with Crippen molar-refractivity contribution in [3.63, 3.8) is 0 Å². The van der Waals surface area contributed by atoms with Crippen LogP contribution in [0.2, 0.25) is 0 Å². The van der Waals surface area contributed by atoms with Gasteiger partial charge in [-0.2, -0.15) is 13.2 Å². The highest BCUT2D eigenvalue weighted by Gasteiger charge is 2.44. The number of piperidine rings is 2. The average molecular weight is 506 g/mol. The number of ether oxygens (including phenoxy) is 1. The van der Waals surface area contributed by atoms with Crippen molar-refractivity contribution in [1.29, 1.82) is 0 Å². The number of carbonyl (C=O) groups is 2. The minimum absolute atomic E-state index is 0.172. The van der Waals surface area contributed by atoms with Gasteiger partial charge >= 0.3 is 12.1 Å². The van der Waals surface area contributed by atoms with E-state index in [4.69, 9.17) is 14.6 Å². The Labute approximate surface area is 202 Å². The molecule has 2 unspecified atom stereocenters. The number of likely N-dealkylation sites (tertiary alicyclic amines) is 2. The molecule has 3 fully saturated rings. The summed E-state index contributed by atoms with van der Waals surface area (Å²) in [5, 5.41) is 8.10.